The number of ether oxygens (including phenoxy) is 2. The maximum absolute atomic E-state index is 13.3. The number of benzene rings is 2. The number of aryl methyl sites for hydroxylation is 1. The number of carboxylic acid groups (broad SMARTS) is 1. The van der Waals surface area contributed by atoms with Gasteiger partial charge in [0.1, 0.15) is 6.04 Å². The van der Waals surface area contributed by atoms with Crippen molar-refractivity contribution in [3.05, 3.63) is 71.3 Å². The van der Waals surface area contributed by atoms with Crippen LogP contribution in [0, 0.1) is 0 Å². The van der Waals surface area contributed by atoms with Crippen molar-refractivity contribution in [2.24, 2.45) is 0 Å². The van der Waals surface area contributed by atoms with E-state index >= 15 is 0 Å². The van der Waals surface area contributed by atoms with Gasteiger partial charge in [-0.25, -0.2) is 4.79 Å². The normalized spacial score (nSPS) is 16.9. The van der Waals surface area contributed by atoms with Gasteiger partial charge in [0.05, 0.1) is 12.6 Å². The molecule has 8 heteroatoms. The summed E-state index contributed by atoms with van der Waals surface area (Å²) in [5, 5.41) is 12.3. The molecular weight excluding hydrogens is 424 g/mol. The maximum Gasteiger partial charge on any atom is 0.507 e. The number of nitrogens with zero attached hydrogens (tertiary/aromatic N) is 1. The van der Waals surface area contributed by atoms with Gasteiger partial charge in [0.15, 0.2) is 6.23 Å². The molecule has 0 saturated heterocycles. The molecule has 0 aliphatic carbocycles. The second kappa shape index (κ2) is 11.5. The minimum atomic E-state index is -1.44. The van der Waals surface area contributed by atoms with E-state index in [0.29, 0.717) is 12.8 Å². The molecule has 0 aromatic heterocycles. The van der Waals surface area contributed by atoms with E-state index in [-0.39, 0.29) is 25.5 Å². The predicted molar refractivity (Wildman–Crippen MR) is 121 cm³/mol. The highest BCUT2D eigenvalue weighted by Gasteiger charge is 2.35. The van der Waals surface area contributed by atoms with E-state index < -0.39 is 30.4 Å². The molecule has 1 aliphatic rings. The zero-order chi connectivity index (χ0) is 23.8. The molecule has 8 nitrogen and oxygen atoms in total. The van der Waals surface area contributed by atoms with Gasteiger partial charge in [0.2, 0.25) is 5.91 Å². The van der Waals surface area contributed by atoms with Crippen LogP contribution in [-0.4, -0.2) is 53.0 Å². The van der Waals surface area contributed by atoms with Crippen molar-refractivity contribution in [3.8, 4) is 0 Å². The zero-order valence-corrected chi connectivity index (χ0v) is 18.9. The molecule has 2 aromatic rings. The lowest BCUT2D eigenvalue weighted by Crippen LogP contribution is -2.55. The standard InChI is InChI=1S/C25H30N2O6/c1-3-32-24(29)21(14-13-18-9-5-4-6-10-18)26-17(2)23(28)27-16-20-12-8-7-11-19(20)15-22(27)33-25(30)31/h4-12,17,21-22,26H,3,13-16H2,1-2H3,(H,30,31)/t17-,21-,22-/m0/s1. The number of nitrogens with one attached hydrogen (secondary N) is 1. The van der Waals surface area contributed by atoms with Crippen molar-refractivity contribution in [2.45, 2.75) is 58.0 Å². The Morgan fingerprint density at radius 1 is 1.09 bits per heavy atom. The Morgan fingerprint density at radius 2 is 1.76 bits per heavy atom. The predicted octanol–water partition coefficient (Wildman–Crippen LogP) is 3.13. The Hall–Kier alpha value is -3.39. The summed E-state index contributed by atoms with van der Waals surface area (Å²) >= 11 is 0. The Morgan fingerprint density at radius 3 is 2.42 bits per heavy atom. The van der Waals surface area contributed by atoms with Crippen LogP contribution in [0.3, 0.4) is 0 Å². The summed E-state index contributed by atoms with van der Waals surface area (Å²) in [4.78, 5) is 38.5. The molecule has 2 N–H and O–H groups in total. The lowest BCUT2D eigenvalue weighted by atomic mass is 9.98. The molecule has 0 bridgehead atoms. The van der Waals surface area contributed by atoms with E-state index in [1.807, 2.05) is 54.6 Å². The molecule has 0 unspecified atom stereocenters. The number of fused-ring (bicyclic) bond motifs is 1. The lowest BCUT2D eigenvalue weighted by molar-refractivity contribution is -0.149. The Balaban J connectivity index is 1.72. The molecule has 1 amide bonds. The van der Waals surface area contributed by atoms with Crippen molar-refractivity contribution in [2.75, 3.05) is 6.61 Å². The topological polar surface area (TPSA) is 105 Å². The maximum atomic E-state index is 13.3. The third-order valence-electron chi connectivity index (χ3n) is 5.68. The van der Waals surface area contributed by atoms with Gasteiger partial charge in [-0.15, -0.1) is 0 Å². The average molecular weight is 455 g/mol. The molecule has 0 spiro atoms. The SMILES string of the molecule is CCOC(=O)[C@H](CCc1ccccc1)N[C@@H](C)C(=O)N1Cc2ccccc2C[C@@H]1OC(=O)O. The zero-order valence-electron chi connectivity index (χ0n) is 18.9. The summed E-state index contributed by atoms with van der Waals surface area (Å²) in [6.07, 6.45) is -1.00. The van der Waals surface area contributed by atoms with Crippen molar-refractivity contribution in [1.29, 1.82) is 0 Å². The minimum Gasteiger partial charge on any atom is -0.465 e. The number of hydrogen-bond donors (Lipinski definition) is 2. The number of hydrogen-bond acceptors (Lipinski definition) is 6. The van der Waals surface area contributed by atoms with Crippen LogP contribution < -0.4 is 5.32 Å². The van der Waals surface area contributed by atoms with Gasteiger partial charge in [-0.05, 0) is 43.4 Å². The Kier molecular flexibility index (Phi) is 8.43. The fraction of sp³-hybridized carbons (Fsp3) is 0.400. The van der Waals surface area contributed by atoms with Crippen LogP contribution in [0.15, 0.2) is 54.6 Å². The van der Waals surface area contributed by atoms with Gasteiger partial charge < -0.3 is 19.5 Å². The Bertz CT molecular complexity index is 964. The largest absolute Gasteiger partial charge is 0.507 e. The molecule has 176 valence electrons. The van der Waals surface area contributed by atoms with Crippen LogP contribution in [-0.2, 0) is 38.4 Å². The first-order valence-corrected chi connectivity index (χ1v) is 11.1. The monoisotopic (exact) mass is 454 g/mol. The highest BCUT2D eigenvalue weighted by atomic mass is 16.7. The molecule has 0 saturated carbocycles. The van der Waals surface area contributed by atoms with Gasteiger partial charge in [0.25, 0.3) is 0 Å². The van der Waals surface area contributed by atoms with Crippen molar-refractivity contribution in [3.63, 3.8) is 0 Å². The number of esters is 1. The second-order valence-corrected chi connectivity index (χ2v) is 7.99. The molecule has 3 rings (SSSR count). The number of amides is 1. The lowest BCUT2D eigenvalue weighted by Gasteiger charge is -2.37. The van der Waals surface area contributed by atoms with E-state index in [1.54, 1.807) is 13.8 Å². The molecule has 0 fully saturated rings. The Labute approximate surface area is 193 Å². The summed E-state index contributed by atoms with van der Waals surface area (Å²) in [5.74, 6) is -0.764. The average Bonchev–Trinajstić information content (AvgIpc) is 2.81. The highest BCUT2D eigenvalue weighted by molar-refractivity contribution is 5.84. The summed E-state index contributed by atoms with van der Waals surface area (Å²) in [6.45, 7) is 3.87. The second-order valence-electron chi connectivity index (χ2n) is 7.99. The first kappa shape index (κ1) is 24.3. The summed E-state index contributed by atoms with van der Waals surface area (Å²) in [5.41, 5.74) is 2.96. The first-order chi connectivity index (χ1) is 15.9. The third-order valence-corrected chi connectivity index (χ3v) is 5.68. The van der Waals surface area contributed by atoms with E-state index in [1.165, 1.54) is 4.90 Å². The van der Waals surface area contributed by atoms with E-state index in [2.05, 4.69) is 5.32 Å². The van der Waals surface area contributed by atoms with E-state index in [0.717, 1.165) is 16.7 Å². The van der Waals surface area contributed by atoms with Gasteiger partial charge in [0, 0.05) is 13.0 Å². The first-order valence-electron chi connectivity index (χ1n) is 11.1. The molecule has 2 aromatic carbocycles. The smallest absolute Gasteiger partial charge is 0.465 e. The fourth-order valence-corrected chi connectivity index (χ4v) is 4.03. The number of carbonyl (C=O) groups excluding carboxylic acids is 2. The number of carbonyl (C=O) groups is 3. The summed E-state index contributed by atoms with van der Waals surface area (Å²) in [7, 11) is 0. The molecule has 1 heterocycles. The van der Waals surface area contributed by atoms with Crippen LogP contribution in [0.4, 0.5) is 4.79 Å². The quantitative estimate of drug-likeness (QED) is 0.561. The van der Waals surface area contributed by atoms with Crippen molar-refractivity contribution < 1.29 is 29.0 Å². The molecule has 33 heavy (non-hydrogen) atoms. The van der Waals surface area contributed by atoms with Crippen LogP contribution in [0.1, 0.15) is 37.0 Å². The molecular formula is C25H30N2O6. The molecule has 3 atom stereocenters. The van der Waals surface area contributed by atoms with Gasteiger partial charge in [-0.1, -0.05) is 54.6 Å². The van der Waals surface area contributed by atoms with Crippen LogP contribution in [0.25, 0.3) is 0 Å². The summed E-state index contributed by atoms with van der Waals surface area (Å²) in [6, 6.07) is 15.9. The van der Waals surface area contributed by atoms with Gasteiger partial charge in [-0.3, -0.25) is 14.9 Å². The van der Waals surface area contributed by atoms with Crippen LogP contribution in [0.5, 0.6) is 0 Å². The molecule has 0 radical (unpaired) electrons. The van der Waals surface area contributed by atoms with Crippen molar-refractivity contribution >= 4 is 18.0 Å². The fourth-order valence-electron chi connectivity index (χ4n) is 4.03. The van der Waals surface area contributed by atoms with E-state index in [9.17, 15) is 19.5 Å². The van der Waals surface area contributed by atoms with E-state index in [4.69, 9.17) is 9.47 Å². The van der Waals surface area contributed by atoms with Gasteiger partial charge in [-0.2, -0.15) is 0 Å². The number of rotatable bonds is 9. The minimum absolute atomic E-state index is 0.229. The van der Waals surface area contributed by atoms with Crippen LogP contribution >= 0.6 is 0 Å². The molecule has 1 aliphatic heterocycles. The summed E-state index contributed by atoms with van der Waals surface area (Å²) < 4.78 is 10.2. The van der Waals surface area contributed by atoms with Crippen molar-refractivity contribution in [1.82, 2.24) is 10.2 Å². The van der Waals surface area contributed by atoms with Crippen LogP contribution in [0.2, 0.25) is 0 Å². The third kappa shape index (κ3) is 6.55. The highest BCUT2D eigenvalue weighted by Crippen LogP contribution is 2.25. The van der Waals surface area contributed by atoms with Gasteiger partial charge >= 0.3 is 12.1 Å².